The van der Waals surface area contributed by atoms with Gasteiger partial charge in [0.15, 0.2) is 0 Å². The summed E-state index contributed by atoms with van der Waals surface area (Å²) < 4.78 is 120. The number of hydrogen-bond donors (Lipinski definition) is 2. The van der Waals surface area contributed by atoms with Gasteiger partial charge in [-0.3, -0.25) is 14.4 Å². The molecule has 0 radical (unpaired) electrons. The van der Waals surface area contributed by atoms with Gasteiger partial charge in [-0.15, -0.1) is 0 Å². The number of benzene rings is 3. The van der Waals surface area contributed by atoms with Crippen LogP contribution in [0.2, 0.25) is 0 Å². The molecule has 0 fully saturated rings. The number of ether oxygens (including phenoxy) is 2. The van der Waals surface area contributed by atoms with Gasteiger partial charge < -0.3 is 14.8 Å². The standard InChI is InChI=1S/C27H23F6N3O6S/c1-16(37)34-14-20-15-36(43(39,40)21-10-7-18(28)8-11-21)22-13-19(9-12-23(22)41-20)35-25(38)42-24(17-5-3-2-4-6-17)26(29,30)27(31,32)33/h2-13,20,24H,14-15H2,1H3,(H,34,37)(H,35,38)/t20-,24?/m0/s1. The largest absolute Gasteiger partial charge is 0.484 e. The van der Waals surface area contributed by atoms with Gasteiger partial charge in [0.2, 0.25) is 12.0 Å². The number of nitrogens with one attached hydrogen (secondary N) is 2. The van der Waals surface area contributed by atoms with Crippen LogP contribution < -0.4 is 19.7 Å². The molecule has 16 heteroatoms. The summed E-state index contributed by atoms with van der Waals surface area (Å²) in [5.74, 6) is -6.60. The fourth-order valence-electron chi connectivity index (χ4n) is 4.10. The van der Waals surface area contributed by atoms with Crippen molar-refractivity contribution in [2.24, 2.45) is 0 Å². The number of sulfonamides is 1. The van der Waals surface area contributed by atoms with Crippen LogP contribution >= 0.6 is 0 Å². The molecule has 1 aliphatic rings. The van der Waals surface area contributed by atoms with E-state index >= 15 is 0 Å². The van der Waals surface area contributed by atoms with Crippen LogP contribution in [0.1, 0.15) is 18.6 Å². The summed E-state index contributed by atoms with van der Waals surface area (Å²) in [6, 6.07) is 13.0. The predicted octanol–water partition coefficient (Wildman–Crippen LogP) is 5.41. The molecule has 0 aliphatic carbocycles. The van der Waals surface area contributed by atoms with E-state index in [1.807, 2.05) is 5.32 Å². The highest BCUT2D eigenvalue weighted by Crippen LogP contribution is 2.46. The molecule has 1 aliphatic heterocycles. The van der Waals surface area contributed by atoms with Crippen LogP contribution in [0.25, 0.3) is 0 Å². The second kappa shape index (κ2) is 12.0. The third-order valence-corrected chi connectivity index (χ3v) is 7.95. The van der Waals surface area contributed by atoms with Gasteiger partial charge in [-0.1, -0.05) is 30.3 Å². The first-order valence-electron chi connectivity index (χ1n) is 12.4. The maximum Gasteiger partial charge on any atom is 0.457 e. The molecule has 0 aromatic heterocycles. The predicted molar refractivity (Wildman–Crippen MR) is 141 cm³/mol. The Balaban J connectivity index is 1.65. The zero-order chi connectivity index (χ0) is 31.6. The number of carbonyl (C=O) groups is 2. The van der Waals surface area contributed by atoms with Gasteiger partial charge >= 0.3 is 18.2 Å². The van der Waals surface area contributed by atoms with Crippen LogP contribution in [-0.4, -0.2) is 51.7 Å². The first-order chi connectivity index (χ1) is 20.1. The highest BCUT2D eigenvalue weighted by atomic mass is 32.2. The Morgan fingerprint density at radius 3 is 2.28 bits per heavy atom. The van der Waals surface area contributed by atoms with Gasteiger partial charge in [0.1, 0.15) is 17.7 Å². The van der Waals surface area contributed by atoms with Crippen LogP contribution in [0, 0.1) is 5.82 Å². The van der Waals surface area contributed by atoms with Crippen LogP contribution in [0.3, 0.4) is 0 Å². The summed E-state index contributed by atoms with van der Waals surface area (Å²) in [5, 5.41) is 4.55. The van der Waals surface area contributed by atoms with Gasteiger partial charge in [0, 0.05) is 12.6 Å². The van der Waals surface area contributed by atoms with Crippen molar-refractivity contribution in [1.29, 1.82) is 0 Å². The van der Waals surface area contributed by atoms with Crippen molar-refractivity contribution in [2.45, 2.75) is 36.1 Å². The summed E-state index contributed by atoms with van der Waals surface area (Å²) in [7, 11) is -4.39. The lowest BCUT2D eigenvalue weighted by Crippen LogP contribution is -2.48. The number of amides is 2. The van der Waals surface area contributed by atoms with Crippen LogP contribution in [-0.2, 0) is 19.6 Å². The average molecular weight is 632 g/mol. The minimum atomic E-state index is -6.06. The molecular weight excluding hydrogens is 608 g/mol. The topological polar surface area (TPSA) is 114 Å². The van der Waals surface area contributed by atoms with Gasteiger partial charge in [0.25, 0.3) is 10.0 Å². The molecule has 3 aromatic rings. The smallest absolute Gasteiger partial charge is 0.457 e. The number of fused-ring (bicyclic) bond motifs is 1. The molecular formula is C27H23F6N3O6S. The van der Waals surface area contributed by atoms with Crippen molar-refractivity contribution in [2.75, 3.05) is 22.7 Å². The van der Waals surface area contributed by atoms with Crippen molar-refractivity contribution >= 4 is 33.4 Å². The molecule has 0 bridgehead atoms. The SMILES string of the molecule is CC(=O)NC[C@H]1CN(S(=O)(=O)c2ccc(F)cc2)c2cc(NC(=O)OC(c3ccccc3)C(F)(F)C(F)(F)F)ccc2O1. The second-order valence-electron chi connectivity index (χ2n) is 9.29. The van der Waals surface area contributed by atoms with E-state index < -0.39 is 57.7 Å². The van der Waals surface area contributed by atoms with E-state index in [2.05, 4.69) is 10.1 Å². The lowest BCUT2D eigenvalue weighted by atomic mass is 10.0. The lowest BCUT2D eigenvalue weighted by Gasteiger charge is -2.35. The number of rotatable bonds is 8. The van der Waals surface area contributed by atoms with E-state index in [1.54, 1.807) is 0 Å². The van der Waals surface area contributed by atoms with Gasteiger partial charge in [-0.05, 0) is 48.0 Å². The van der Waals surface area contributed by atoms with Crippen molar-refractivity contribution in [3.05, 3.63) is 84.2 Å². The number of anilines is 2. The first kappa shape index (κ1) is 31.5. The van der Waals surface area contributed by atoms with E-state index in [-0.39, 0.29) is 35.1 Å². The Morgan fingerprint density at radius 1 is 1.02 bits per heavy atom. The third kappa shape index (κ3) is 6.96. The maximum absolute atomic E-state index is 14.4. The van der Waals surface area contributed by atoms with Crippen molar-refractivity contribution in [1.82, 2.24) is 5.32 Å². The van der Waals surface area contributed by atoms with Crippen LogP contribution in [0.5, 0.6) is 5.75 Å². The molecule has 0 spiro atoms. The monoisotopic (exact) mass is 631 g/mol. The van der Waals surface area contributed by atoms with E-state index in [9.17, 15) is 44.3 Å². The number of carbonyl (C=O) groups excluding carboxylic acids is 2. The number of hydrogen-bond acceptors (Lipinski definition) is 6. The zero-order valence-corrected chi connectivity index (χ0v) is 22.9. The molecule has 43 heavy (non-hydrogen) atoms. The Morgan fingerprint density at radius 2 is 1.67 bits per heavy atom. The third-order valence-electron chi connectivity index (χ3n) is 6.15. The van der Waals surface area contributed by atoms with Crippen molar-refractivity contribution < 1.29 is 53.8 Å². The summed E-state index contributed by atoms with van der Waals surface area (Å²) in [6.45, 7) is 0.799. The van der Waals surface area contributed by atoms with Gasteiger partial charge in [0.05, 0.1) is 23.7 Å². The average Bonchev–Trinajstić information content (AvgIpc) is 2.94. The van der Waals surface area contributed by atoms with E-state index in [0.717, 1.165) is 46.8 Å². The zero-order valence-electron chi connectivity index (χ0n) is 22.1. The Kier molecular flexibility index (Phi) is 8.80. The number of nitrogens with zero attached hydrogens (tertiary/aromatic N) is 1. The summed E-state index contributed by atoms with van der Waals surface area (Å²) in [4.78, 5) is 23.7. The minimum Gasteiger partial charge on any atom is -0.484 e. The van der Waals surface area contributed by atoms with E-state index in [1.165, 1.54) is 37.3 Å². The lowest BCUT2D eigenvalue weighted by molar-refractivity contribution is -0.313. The molecule has 1 heterocycles. The highest BCUT2D eigenvalue weighted by molar-refractivity contribution is 7.92. The first-order valence-corrected chi connectivity index (χ1v) is 13.8. The van der Waals surface area contributed by atoms with E-state index in [0.29, 0.717) is 0 Å². The molecule has 230 valence electrons. The maximum atomic E-state index is 14.4. The molecule has 0 saturated heterocycles. The highest BCUT2D eigenvalue weighted by Gasteiger charge is 2.64. The normalized spacial score (nSPS) is 16.0. The second-order valence-corrected chi connectivity index (χ2v) is 11.2. The van der Waals surface area contributed by atoms with Crippen molar-refractivity contribution in [3.8, 4) is 5.75 Å². The van der Waals surface area contributed by atoms with Crippen LogP contribution in [0.15, 0.2) is 77.7 Å². The molecule has 3 aromatic carbocycles. The fourth-order valence-corrected chi connectivity index (χ4v) is 5.60. The Bertz CT molecular complexity index is 1590. The molecule has 1 unspecified atom stereocenters. The molecule has 0 saturated carbocycles. The molecule has 2 amide bonds. The van der Waals surface area contributed by atoms with Crippen LogP contribution in [0.4, 0.5) is 42.5 Å². The summed E-state index contributed by atoms with van der Waals surface area (Å²) in [6.07, 6.45) is -11.7. The molecule has 4 rings (SSSR count). The van der Waals surface area contributed by atoms with Gasteiger partial charge in [-0.25, -0.2) is 17.6 Å². The summed E-state index contributed by atoms with van der Waals surface area (Å²) >= 11 is 0. The Labute approximate surface area is 241 Å². The quantitative estimate of drug-likeness (QED) is 0.322. The Hall–Kier alpha value is -4.47. The number of alkyl halides is 5. The minimum absolute atomic E-state index is 0.0306. The molecule has 2 atom stereocenters. The molecule has 9 nitrogen and oxygen atoms in total. The van der Waals surface area contributed by atoms with Crippen molar-refractivity contribution in [3.63, 3.8) is 0 Å². The van der Waals surface area contributed by atoms with E-state index in [4.69, 9.17) is 4.74 Å². The fraction of sp³-hybridized carbons (Fsp3) is 0.259. The molecule has 2 N–H and O–H groups in total. The number of halogens is 6. The van der Waals surface area contributed by atoms with Gasteiger partial charge in [-0.2, -0.15) is 22.0 Å². The summed E-state index contributed by atoms with van der Waals surface area (Å²) in [5.41, 5.74) is -1.02.